The predicted octanol–water partition coefficient (Wildman–Crippen LogP) is 2.76. The molecule has 1 heterocycles. The van der Waals surface area contributed by atoms with E-state index in [2.05, 4.69) is 4.72 Å². The molecular formula is C23H25N3O7S. The van der Waals surface area contributed by atoms with Crippen LogP contribution in [0.25, 0.3) is 0 Å². The van der Waals surface area contributed by atoms with E-state index in [4.69, 9.17) is 4.74 Å². The Morgan fingerprint density at radius 2 is 1.62 bits per heavy atom. The summed E-state index contributed by atoms with van der Waals surface area (Å²) in [7, 11) is -2.68. The Labute approximate surface area is 197 Å². The first-order chi connectivity index (χ1) is 16.2. The smallest absolute Gasteiger partial charge is 0.269 e. The summed E-state index contributed by atoms with van der Waals surface area (Å²) >= 11 is 0. The lowest BCUT2D eigenvalue weighted by atomic mass is 9.81. The van der Waals surface area contributed by atoms with Crippen molar-refractivity contribution in [1.29, 1.82) is 0 Å². The normalized spacial score (nSPS) is 20.3. The molecule has 2 aromatic rings. The van der Waals surface area contributed by atoms with E-state index in [0.29, 0.717) is 24.0 Å². The van der Waals surface area contributed by atoms with E-state index >= 15 is 0 Å². The molecule has 2 unspecified atom stereocenters. The van der Waals surface area contributed by atoms with Crippen LogP contribution in [0.2, 0.25) is 0 Å². The van der Waals surface area contributed by atoms with Crippen molar-refractivity contribution in [3.8, 4) is 5.75 Å². The molecule has 1 saturated carbocycles. The van der Waals surface area contributed by atoms with Crippen LogP contribution in [0.3, 0.4) is 0 Å². The predicted molar refractivity (Wildman–Crippen MR) is 121 cm³/mol. The molecule has 1 aliphatic carbocycles. The van der Waals surface area contributed by atoms with Crippen LogP contribution >= 0.6 is 0 Å². The zero-order valence-corrected chi connectivity index (χ0v) is 19.4. The third-order valence-corrected chi connectivity index (χ3v) is 7.83. The first-order valence-corrected chi connectivity index (χ1v) is 12.4. The van der Waals surface area contributed by atoms with Crippen molar-refractivity contribution in [1.82, 2.24) is 9.62 Å². The maximum Gasteiger partial charge on any atom is 0.269 e. The number of nitrogens with zero attached hydrogens (tertiary/aromatic N) is 2. The van der Waals surface area contributed by atoms with E-state index in [1.807, 2.05) is 0 Å². The van der Waals surface area contributed by atoms with Crippen molar-refractivity contribution in [2.75, 3.05) is 7.11 Å². The van der Waals surface area contributed by atoms with Crippen LogP contribution < -0.4 is 9.46 Å². The van der Waals surface area contributed by atoms with Gasteiger partial charge in [-0.1, -0.05) is 31.0 Å². The summed E-state index contributed by atoms with van der Waals surface area (Å²) in [5.74, 6) is -0.803. The number of hydrogen-bond donors (Lipinski definition) is 1. The Balaban J connectivity index is 1.53. The van der Waals surface area contributed by atoms with Crippen molar-refractivity contribution in [3.05, 3.63) is 63.7 Å². The van der Waals surface area contributed by atoms with Crippen molar-refractivity contribution < 1.29 is 27.7 Å². The number of ether oxygens (including phenoxy) is 1. The summed E-state index contributed by atoms with van der Waals surface area (Å²) in [6.45, 7) is -0.0836. The zero-order chi connectivity index (χ0) is 24.5. The van der Waals surface area contributed by atoms with Crippen LogP contribution in [-0.4, -0.2) is 37.2 Å². The third kappa shape index (κ3) is 4.66. The highest BCUT2D eigenvalue weighted by molar-refractivity contribution is 7.89. The van der Waals surface area contributed by atoms with Gasteiger partial charge in [-0.2, -0.15) is 0 Å². The number of hydrogen-bond acceptors (Lipinski definition) is 7. The van der Waals surface area contributed by atoms with E-state index in [-0.39, 0.29) is 53.1 Å². The summed E-state index contributed by atoms with van der Waals surface area (Å²) in [6.07, 6.45) is 3.28. The van der Waals surface area contributed by atoms with Crippen LogP contribution in [0.4, 0.5) is 5.69 Å². The fourth-order valence-electron chi connectivity index (χ4n) is 4.59. The van der Waals surface area contributed by atoms with Gasteiger partial charge in [-0.05, 0) is 36.1 Å². The number of fused-ring (bicyclic) bond motifs is 1. The number of amides is 2. The molecule has 2 amide bonds. The highest BCUT2D eigenvalue weighted by Gasteiger charge is 2.47. The Morgan fingerprint density at radius 1 is 1.03 bits per heavy atom. The van der Waals surface area contributed by atoms with Gasteiger partial charge in [0.15, 0.2) is 0 Å². The van der Waals surface area contributed by atoms with Gasteiger partial charge in [0.2, 0.25) is 21.8 Å². The van der Waals surface area contributed by atoms with Gasteiger partial charge in [0.1, 0.15) is 10.6 Å². The molecule has 1 aliphatic heterocycles. The van der Waals surface area contributed by atoms with E-state index in [9.17, 15) is 28.1 Å². The fourth-order valence-corrected chi connectivity index (χ4v) is 5.83. The number of benzene rings is 2. The molecule has 0 aromatic heterocycles. The Hall–Kier alpha value is -3.31. The van der Waals surface area contributed by atoms with Gasteiger partial charge in [0.25, 0.3) is 5.69 Å². The number of rotatable bonds is 8. The van der Waals surface area contributed by atoms with E-state index < -0.39 is 14.9 Å². The van der Waals surface area contributed by atoms with Gasteiger partial charge in [-0.15, -0.1) is 0 Å². The molecule has 2 aromatic carbocycles. The van der Waals surface area contributed by atoms with Gasteiger partial charge >= 0.3 is 0 Å². The van der Waals surface area contributed by atoms with E-state index in [0.717, 1.165) is 12.8 Å². The first kappa shape index (κ1) is 23.8. The molecule has 11 heteroatoms. The van der Waals surface area contributed by atoms with Gasteiger partial charge in [-0.3, -0.25) is 24.6 Å². The molecule has 0 spiro atoms. The molecule has 0 radical (unpaired) electrons. The number of nitrogens with one attached hydrogen (secondary N) is 1. The lowest BCUT2D eigenvalue weighted by Crippen LogP contribution is -2.30. The van der Waals surface area contributed by atoms with Crippen molar-refractivity contribution >= 4 is 27.5 Å². The van der Waals surface area contributed by atoms with Crippen LogP contribution in [0.15, 0.2) is 47.4 Å². The molecule has 1 N–H and O–H groups in total. The van der Waals surface area contributed by atoms with Crippen LogP contribution in [0, 0.1) is 22.0 Å². The number of imide groups is 1. The maximum atomic E-state index is 13.0. The first-order valence-electron chi connectivity index (χ1n) is 11.0. The number of nitro benzene ring substituents is 1. The lowest BCUT2D eigenvalue weighted by molar-refractivity contribution is -0.384. The highest BCUT2D eigenvalue weighted by atomic mass is 32.2. The van der Waals surface area contributed by atoms with Crippen LogP contribution in [-0.2, 0) is 32.7 Å². The standard InChI is InChI=1S/C23H25N3O7S/c1-33-20-11-8-16(14-25-22(27)18-4-2-3-5-19(18)23(25)28)12-21(20)34(31,32)24-13-15-6-9-17(10-7-15)26(29)30/h6-12,18-19,24H,2-5,13-14H2,1H3. The number of likely N-dealkylation sites (tertiary alicyclic amines) is 1. The summed E-state index contributed by atoms with van der Waals surface area (Å²) < 4.78 is 33.8. The number of methoxy groups -OCH3 is 1. The Kier molecular flexibility index (Phi) is 6.67. The molecule has 2 aliphatic rings. The topological polar surface area (TPSA) is 136 Å². The van der Waals surface area contributed by atoms with Gasteiger partial charge < -0.3 is 4.74 Å². The Morgan fingerprint density at radius 3 is 2.18 bits per heavy atom. The van der Waals surface area contributed by atoms with Crippen molar-refractivity contribution in [2.45, 2.75) is 43.7 Å². The van der Waals surface area contributed by atoms with Gasteiger partial charge in [-0.25, -0.2) is 13.1 Å². The highest BCUT2D eigenvalue weighted by Crippen LogP contribution is 2.39. The van der Waals surface area contributed by atoms with Gasteiger partial charge in [0.05, 0.1) is 30.4 Å². The second kappa shape index (κ2) is 9.51. The molecule has 4 rings (SSSR count). The molecule has 180 valence electrons. The number of nitro groups is 1. The van der Waals surface area contributed by atoms with E-state index in [1.54, 1.807) is 6.07 Å². The average molecular weight is 488 g/mol. The summed E-state index contributed by atoms with van der Waals surface area (Å²) in [4.78, 5) is 37.0. The number of sulfonamides is 1. The summed E-state index contributed by atoms with van der Waals surface area (Å²) in [6, 6.07) is 10.1. The minimum absolute atomic E-state index is 0.000463. The average Bonchev–Trinajstić information content (AvgIpc) is 3.08. The van der Waals surface area contributed by atoms with Crippen LogP contribution in [0.5, 0.6) is 5.75 Å². The number of non-ortho nitro benzene ring substituents is 1. The fraction of sp³-hybridized carbons (Fsp3) is 0.391. The minimum atomic E-state index is -4.03. The van der Waals surface area contributed by atoms with E-state index in [1.165, 1.54) is 48.4 Å². The molecular weight excluding hydrogens is 462 g/mol. The largest absolute Gasteiger partial charge is 0.495 e. The SMILES string of the molecule is COc1ccc(CN2C(=O)C3CCCCC3C2=O)cc1S(=O)(=O)NCc1ccc([N+](=O)[O-])cc1. The van der Waals surface area contributed by atoms with Gasteiger partial charge in [0, 0.05) is 18.7 Å². The summed E-state index contributed by atoms with van der Waals surface area (Å²) in [5.41, 5.74) is 0.948. The molecule has 10 nitrogen and oxygen atoms in total. The van der Waals surface area contributed by atoms with Crippen molar-refractivity contribution in [2.24, 2.45) is 11.8 Å². The number of carbonyl (C=O) groups is 2. The monoisotopic (exact) mass is 487 g/mol. The molecule has 2 fully saturated rings. The molecule has 2 atom stereocenters. The second-order valence-electron chi connectivity index (χ2n) is 8.49. The lowest BCUT2D eigenvalue weighted by Gasteiger charge is -2.19. The molecule has 34 heavy (non-hydrogen) atoms. The molecule has 0 bridgehead atoms. The van der Waals surface area contributed by atoms with Crippen molar-refractivity contribution in [3.63, 3.8) is 0 Å². The molecule has 1 saturated heterocycles. The third-order valence-electron chi connectivity index (χ3n) is 6.40. The van der Waals surface area contributed by atoms with Crippen LogP contribution in [0.1, 0.15) is 36.8 Å². The second-order valence-corrected chi connectivity index (χ2v) is 10.2. The Bertz CT molecular complexity index is 1200. The quantitative estimate of drug-likeness (QED) is 0.343. The summed E-state index contributed by atoms with van der Waals surface area (Å²) in [5, 5.41) is 10.8. The minimum Gasteiger partial charge on any atom is -0.495 e. The zero-order valence-electron chi connectivity index (χ0n) is 18.6. The maximum absolute atomic E-state index is 13.0. The number of carbonyl (C=O) groups excluding carboxylic acids is 2.